The van der Waals surface area contributed by atoms with E-state index in [-0.39, 0.29) is 23.9 Å². The SMILES string of the molecule is COc1cccc(-c2cnc(N)nc2[C@@H]2CCCN2C(=O)c2cccc(Oc3ncccn3)c2)c1. The number of carbonyl (C=O) groups is 1. The van der Waals surface area contributed by atoms with Crippen molar-refractivity contribution < 1.29 is 14.3 Å². The van der Waals surface area contributed by atoms with Crippen LogP contribution in [-0.4, -0.2) is 44.4 Å². The number of amides is 1. The predicted octanol–water partition coefficient (Wildman–Crippen LogP) is 4.29. The Balaban J connectivity index is 1.46. The lowest BCUT2D eigenvalue weighted by Crippen LogP contribution is -2.31. The minimum absolute atomic E-state index is 0.110. The molecule has 4 aromatic rings. The molecule has 2 N–H and O–H groups in total. The van der Waals surface area contributed by atoms with Gasteiger partial charge >= 0.3 is 6.01 Å². The molecule has 0 radical (unpaired) electrons. The van der Waals surface area contributed by atoms with Gasteiger partial charge in [-0.15, -0.1) is 0 Å². The zero-order valence-electron chi connectivity index (χ0n) is 19.2. The second kappa shape index (κ2) is 9.76. The van der Waals surface area contributed by atoms with Gasteiger partial charge in [0.15, 0.2) is 0 Å². The lowest BCUT2D eigenvalue weighted by molar-refractivity contribution is 0.0733. The van der Waals surface area contributed by atoms with Gasteiger partial charge in [-0.05, 0) is 54.8 Å². The Morgan fingerprint density at radius 2 is 1.83 bits per heavy atom. The highest BCUT2D eigenvalue weighted by molar-refractivity contribution is 5.95. The van der Waals surface area contributed by atoms with E-state index in [9.17, 15) is 4.79 Å². The van der Waals surface area contributed by atoms with Gasteiger partial charge in [-0.2, -0.15) is 0 Å². The Hall–Kier alpha value is -4.53. The summed E-state index contributed by atoms with van der Waals surface area (Å²) in [6.45, 7) is 0.609. The first-order valence-electron chi connectivity index (χ1n) is 11.2. The third kappa shape index (κ3) is 4.74. The van der Waals surface area contributed by atoms with Gasteiger partial charge in [0, 0.05) is 36.3 Å². The van der Waals surface area contributed by atoms with Crippen molar-refractivity contribution in [1.82, 2.24) is 24.8 Å². The summed E-state index contributed by atoms with van der Waals surface area (Å²) in [6.07, 6.45) is 6.53. The highest BCUT2D eigenvalue weighted by Gasteiger charge is 2.34. The third-order valence-corrected chi connectivity index (χ3v) is 5.88. The molecule has 9 nitrogen and oxygen atoms in total. The van der Waals surface area contributed by atoms with Crippen LogP contribution in [0.2, 0.25) is 0 Å². The lowest BCUT2D eigenvalue weighted by atomic mass is 9.99. The number of carbonyl (C=O) groups excluding carboxylic acids is 1. The number of rotatable bonds is 6. The number of hydrogen-bond acceptors (Lipinski definition) is 8. The predicted molar refractivity (Wildman–Crippen MR) is 130 cm³/mol. The van der Waals surface area contributed by atoms with Crippen molar-refractivity contribution in [2.24, 2.45) is 0 Å². The summed E-state index contributed by atoms with van der Waals surface area (Å²) in [5.74, 6) is 1.27. The summed E-state index contributed by atoms with van der Waals surface area (Å²) >= 11 is 0. The van der Waals surface area contributed by atoms with Crippen LogP contribution in [0.3, 0.4) is 0 Å². The van der Waals surface area contributed by atoms with Crippen molar-refractivity contribution in [3.05, 3.63) is 84.4 Å². The Labute approximate surface area is 202 Å². The van der Waals surface area contributed by atoms with Gasteiger partial charge in [-0.25, -0.2) is 19.9 Å². The van der Waals surface area contributed by atoms with Crippen LogP contribution in [-0.2, 0) is 0 Å². The molecule has 5 rings (SSSR count). The average Bonchev–Trinajstić information content (AvgIpc) is 3.39. The van der Waals surface area contributed by atoms with Crippen LogP contribution in [0.5, 0.6) is 17.5 Å². The molecule has 0 spiro atoms. The van der Waals surface area contributed by atoms with E-state index < -0.39 is 0 Å². The maximum Gasteiger partial charge on any atom is 0.321 e. The van der Waals surface area contributed by atoms with Crippen molar-refractivity contribution in [3.63, 3.8) is 0 Å². The minimum Gasteiger partial charge on any atom is -0.497 e. The van der Waals surface area contributed by atoms with E-state index in [4.69, 9.17) is 15.2 Å². The molecule has 1 aliphatic heterocycles. The van der Waals surface area contributed by atoms with E-state index in [1.807, 2.05) is 29.2 Å². The molecular weight excluding hydrogens is 444 g/mol. The molecule has 1 atom stereocenters. The van der Waals surface area contributed by atoms with E-state index in [0.717, 1.165) is 35.4 Å². The largest absolute Gasteiger partial charge is 0.497 e. The van der Waals surface area contributed by atoms with Crippen LogP contribution in [0, 0.1) is 0 Å². The van der Waals surface area contributed by atoms with Crippen LogP contribution < -0.4 is 15.2 Å². The molecule has 2 aromatic heterocycles. The van der Waals surface area contributed by atoms with Crippen molar-refractivity contribution in [3.8, 4) is 28.6 Å². The van der Waals surface area contributed by atoms with Gasteiger partial charge < -0.3 is 20.1 Å². The summed E-state index contributed by atoms with van der Waals surface area (Å²) in [6, 6.07) is 16.4. The van der Waals surface area contributed by atoms with Crippen molar-refractivity contribution in [2.75, 3.05) is 19.4 Å². The van der Waals surface area contributed by atoms with Crippen LogP contribution in [0.15, 0.2) is 73.2 Å². The van der Waals surface area contributed by atoms with Crippen molar-refractivity contribution in [1.29, 1.82) is 0 Å². The number of aromatic nitrogens is 4. The summed E-state index contributed by atoms with van der Waals surface area (Å²) in [4.78, 5) is 32.4. The Morgan fingerprint density at radius 3 is 2.66 bits per heavy atom. The van der Waals surface area contributed by atoms with Crippen molar-refractivity contribution >= 4 is 11.9 Å². The summed E-state index contributed by atoms with van der Waals surface area (Å²) < 4.78 is 11.1. The Bertz CT molecular complexity index is 1350. The fourth-order valence-corrected chi connectivity index (χ4v) is 4.27. The van der Waals surface area contributed by atoms with Crippen LogP contribution in [0.1, 0.15) is 34.9 Å². The fraction of sp³-hybridized carbons (Fsp3) is 0.192. The van der Waals surface area contributed by atoms with E-state index >= 15 is 0 Å². The Morgan fingerprint density at radius 1 is 1.03 bits per heavy atom. The lowest BCUT2D eigenvalue weighted by Gasteiger charge is -2.26. The molecule has 176 valence electrons. The number of anilines is 1. The molecule has 1 fully saturated rings. The third-order valence-electron chi connectivity index (χ3n) is 5.88. The molecule has 0 aliphatic carbocycles. The quantitative estimate of drug-likeness (QED) is 0.445. The molecule has 1 saturated heterocycles. The van der Waals surface area contributed by atoms with Crippen LogP contribution in [0.4, 0.5) is 5.95 Å². The number of nitrogens with zero attached hydrogens (tertiary/aromatic N) is 5. The average molecular weight is 469 g/mol. The first-order valence-corrected chi connectivity index (χ1v) is 11.2. The molecular formula is C26H24N6O3. The number of nitrogen functional groups attached to an aromatic ring is 1. The van der Waals surface area contributed by atoms with Crippen molar-refractivity contribution in [2.45, 2.75) is 18.9 Å². The molecule has 0 bridgehead atoms. The number of ether oxygens (including phenoxy) is 2. The zero-order valence-corrected chi connectivity index (χ0v) is 19.2. The van der Waals surface area contributed by atoms with Crippen LogP contribution >= 0.6 is 0 Å². The standard InChI is InChI=1S/C26H24N6O3/c1-34-19-8-2-6-17(14-19)21-16-30-25(27)31-23(21)22-10-4-13-32(22)24(33)18-7-3-9-20(15-18)35-26-28-11-5-12-29-26/h2-3,5-9,11-12,14-16,22H,4,10,13H2,1H3,(H2,27,30,31)/t22-/m0/s1. The number of hydrogen-bond donors (Lipinski definition) is 1. The second-order valence-corrected chi connectivity index (χ2v) is 8.08. The topological polar surface area (TPSA) is 116 Å². The molecule has 35 heavy (non-hydrogen) atoms. The molecule has 1 amide bonds. The summed E-state index contributed by atoms with van der Waals surface area (Å²) in [5, 5.41) is 0. The molecule has 9 heteroatoms. The molecule has 0 unspecified atom stereocenters. The van der Waals surface area contributed by atoms with Crippen LogP contribution in [0.25, 0.3) is 11.1 Å². The molecule has 2 aromatic carbocycles. The number of nitrogens with two attached hydrogens (primary N) is 1. The number of likely N-dealkylation sites (tertiary alicyclic amines) is 1. The highest BCUT2D eigenvalue weighted by Crippen LogP contribution is 2.38. The maximum atomic E-state index is 13.6. The smallest absolute Gasteiger partial charge is 0.321 e. The van der Waals surface area contributed by atoms with Gasteiger partial charge in [-0.1, -0.05) is 18.2 Å². The van der Waals surface area contributed by atoms with Gasteiger partial charge in [0.25, 0.3) is 5.91 Å². The number of benzene rings is 2. The Kier molecular flexibility index (Phi) is 6.21. The van der Waals surface area contributed by atoms with E-state index in [1.165, 1.54) is 0 Å². The molecule has 0 saturated carbocycles. The van der Waals surface area contributed by atoms with E-state index in [0.29, 0.717) is 17.9 Å². The van der Waals surface area contributed by atoms with Gasteiger partial charge in [0.1, 0.15) is 11.5 Å². The first kappa shape index (κ1) is 22.3. The highest BCUT2D eigenvalue weighted by atomic mass is 16.5. The molecule has 3 heterocycles. The molecule has 1 aliphatic rings. The zero-order chi connectivity index (χ0) is 24.2. The minimum atomic E-state index is -0.240. The normalized spacial score (nSPS) is 15.1. The van der Waals surface area contributed by atoms with Gasteiger partial charge in [-0.3, -0.25) is 4.79 Å². The first-order chi connectivity index (χ1) is 17.1. The fourth-order valence-electron chi connectivity index (χ4n) is 4.27. The summed E-state index contributed by atoms with van der Waals surface area (Å²) in [7, 11) is 1.62. The van der Waals surface area contributed by atoms with Gasteiger partial charge in [0.05, 0.1) is 18.8 Å². The number of methoxy groups -OCH3 is 1. The summed E-state index contributed by atoms with van der Waals surface area (Å²) in [5.41, 5.74) is 8.93. The van der Waals surface area contributed by atoms with E-state index in [1.54, 1.807) is 56.0 Å². The van der Waals surface area contributed by atoms with E-state index in [2.05, 4.69) is 19.9 Å². The monoisotopic (exact) mass is 468 g/mol. The van der Waals surface area contributed by atoms with Gasteiger partial charge in [0.2, 0.25) is 5.95 Å². The maximum absolute atomic E-state index is 13.6. The second-order valence-electron chi connectivity index (χ2n) is 8.08.